The van der Waals surface area contributed by atoms with Crippen LogP contribution < -0.4 is 5.32 Å². The summed E-state index contributed by atoms with van der Waals surface area (Å²) in [6.07, 6.45) is 5.34. The first-order valence-corrected chi connectivity index (χ1v) is 7.48. The average molecular weight is 245 g/mol. The largest absolute Gasteiger partial charge is 0.311 e. The maximum absolute atomic E-state index is 3.79. The van der Waals surface area contributed by atoms with Gasteiger partial charge in [-0.1, -0.05) is 44.2 Å². The van der Waals surface area contributed by atoms with Crippen LogP contribution in [0.4, 0.5) is 0 Å². The van der Waals surface area contributed by atoms with Gasteiger partial charge in [-0.05, 0) is 50.0 Å². The Hall–Kier alpha value is -0.820. The van der Waals surface area contributed by atoms with Crippen molar-refractivity contribution in [2.75, 3.05) is 0 Å². The maximum atomic E-state index is 3.79. The molecule has 0 bridgehead atoms. The fourth-order valence-corrected chi connectivity index (χ4v) is 2.88. The van der Waals surface area contributed by atoms with Crippen LogP contribution in [0.5, 0.6) is 0 Å². The van der Waals surface area contributed by atoms with Crippen molar-refractivity contribution < 1.29 is 0 Å². The first kappa shape index (κ1) is 13.6. The molecule has 0 aromatic heterocycles. The van der Waals surface area contributed by atoms with Gasteiger partial charge in [0.1, 0.15) is 0 Å². The molecule has 0 radical (unpaired) electrons. The lowest BCUT2D eigenvalue weighted by atomic mass is 9.81. The Morgan fingerprint density at radius 1 is 0.944 bits per heavy atom. The zero-order valence-electron chi connectivity index (χ0n) is 12.0. The molecule has 0 spiro atoms. The molecule has 1 unspecified atom stereocenters. The quantitative estimate of drug-likeness (QED) is 0.831. The van der Waals surface area contributed by atoms with Gasteiger partial charge in [0.15, 0.2) is 0 Å². The van der Waals surface area contributed by atoms with Crippen LogP contribution in [0, 0.1) is 5.92 Å². The molecular weight excluding hydrogens is 218 g/mol. The van der Waals surface area contributed by atoms with E-state index in [2.05, 4.69) is 56.4 Å². The molecule has 0 saturated heterocycles. The summed E-state index contributed by atoms with van der Waals surface area (Å²) in [6, 6.07) is 12.4. The van der Waals surface area contributed by atoms with E-state index in [0.717, 1.165) is 17.9 Å². The summed E-state index contributed by atoms with van der Waals surface area (Å²) in [5.41, 5.74) is 1.54. The second-order valence-corrected chi connectivity index (χ2v) is 6.16. The number of nitrogens with one attached hydrogen (secondary N) is 1. The van der Waals surface area contributed by atoms with E-state index in [0.29, 0.717) is 6.04 Å². The molecular formula is C17H27N. The molecule has 1 atom stereocenters. The summed E-state index contributed by atoms with van der Waals surface area (Å²) >= 11 is 0. The first-order valence-electron chi connectivity index (χ1n) is 7.48. The van der Waals surface area contributed by atoms with E-state index in [1.54, 1.807) is 0 Å². The van der Waals surface area contributed by atoms with Crippen molar-refractivity contribution >= 4 is 0 Å². The van der Waals surface area contributed by atoms with E-state index >= 15 is 0 Å². The van der Waals surface area contributed by atoms with Crippen molar-refractivity contribution in [3.63, 3.8) is 0 Å². The van der Waals surface area contributed by atoms with E-state index in [1.807, 2.05) is 0 Å². The Balaban J connectivity index is 1.81. The minimum atomic E-state index is 0.642. The molecule has 1 aliphatic carbocycles. The molecule has 0 amide bonds. The Kier molecular flexibility index (Phi) is 4.82. The smallest absolute Gasteiger partial charge is 0.00700 e. The van der Waals surface area contributed by atoms with Crippen molar-refractivity contribution in [1.82, 2.24) is 5.32 Å². The fraction of sp³-hybridized carbons (Fsp3) is 0.647. The lowest BCUT2D eigenvalue weighted by molar-refractivity contribution is 0.293. The van der Waals surface area contributed by atoms with Gasteiger partial charge in [0.25, 0.3) is 0 Å². The molecule has 1 nitrogen and oxygen atoms in total. The Morgan fingerprint density at radius 2 is 1.56 bits per heavy atom. The monoisotopic (exact) mass is 245 g/mol. The van der Waals surface area contributed by atoms with Crippen LogP contribution in [0.25, 0.3) is 0 Å². The van der Waals surface area contributed by atoms with E-state index in [4.69, 9.17) is 0 Å². The van der Waals surface area contributed by atoms with Crippen molar-refractivity contribution in [3.8, 4) is 0 Å². The molecule has 1 saturated carbocycles. The van der Waals surface area contributed by atoms with Crippen LogP contribution in [-0.4, -0.2) is 12.1 Å². The summed E-state index contributed by atoms with van der Waals surface area (Å²) in [6.45, 7) is 6.91. The number of rotatable bonds is 4. The minimum Gasteiger partial charge on any atom is -0.311 e. The van der Waals surface area contributed by atoms with Crippen molar-refractivity contribution in [1.29, 1.82) is 0 Å². The molecule has 1 N–H and O–H groups in total. The van der Waals surface area contributed by atoms with Gasteiger partial charge >= 0.3 is 0 Å². The molecule has 2 rings (SSSR count). The highest BCUT2D eigenvalue weighted by molar-refractivity contribution is 5.20. The molecule has 1 fully saturated rings. The van der Waals surface area contributed by atoms with Gasteiger partial charge < -0.3 is 5.32 Å². The van der Waals surface area contributed by atoms with Gasteiger partial charge in [-0.25, -0.2) is 0 Å². The second-order valence-electron chi connectivity index (χ2n) is 6.16. The van der Waals surface area contributed by atoms with Gasteiger partial charge in [0.05, 0.1) is 0 Å². The zero-order chi connectivity index (χ0) is 13.0. The number of benzene rings is 1. The predicted octanol–water partition coefficient (Wildman–Crippen LogP) is 4.35. The fourth-order valence-electron chi connectivity index (χ4n) is 2.88. The van der Waals surface area contributed by atoms with Crippen LogP contribution in [0.1, 0.15) is 57.9 Å². The molecule has 1 aromatic carbocycles. The van der Waals surface area contributed by atoms with E-state index in [9.17, 15) is 0 Å². The van der Waals surface area contributed by atoms with Crippen LogP contribution >= 0.6 is 0 Å². The summed E-state index contributed by atoms with van der Waals surface area (Å²) in [5.74, 6) is 1.52. The molecule has 1 heteroatoms. The van der Waals surface area contributed by atoms with Crippen LogP contribution in [0.3, 0.4) is 0 Å². The molecule has 18 heavy (non-hydrogen) atoms. The van der Waals surface area contributed by atoms with Gasteiger partial charge in [-0.15, -0.1) is 0 Å². The standard InChI is InChI=1S/C17H27N/c1-13(2)14(3)18-17-11-9-16(10-12-17)15-7-5-4-6-8-15/h4-8,13-14,16-18H,9-12H2,1-3H3. The third-order valence-electron chi connectivity index (χ3n) is 4.50. The Morgan fingerprint density at radius 3 is 2.11 bits per heavy atom. The predicted molar refractivity (Wildman–Crippen MR) is 78.9 cm³/mol. The topological polar surface area (TPSA) is 12.0 Å². The van der Waals surface area contributed by atoms with Gasteiger partial charge in [0.2, 0.25) is 0 Å². The van der Waals surface area contributed by atoms with Gasteiger partial charge in [-0.2, -0.15) is 0 Å². The SMILES string of the molecule is CC(C)C(C)NC1CCC(c2ccccc2)CC1. The van der Waals surface area contributed by atoms with Crippen LogP contribution in [-0.2, 0) is 0 Å². The highest BCUT2D eigenvalue weighted by atomic mass is 14.9. The summed E-state index contributed by atoms with van der Waals surface area (Å²) < 4.78 is 0. The average Bonchev–Trinajstić information content (AvgIpc) is 2.40. The van der Waals surface area contributed by atoms with E-state index in [-0.39, 0.29) is 0 Å². The summed E-state index contributed by atoms with van der Waals surface area (Å²) in [5, 5.41) is 3.79. The molecule has 1 aliphatic rings. The molecule has 100 valence electrons. The summed E-state index contributed by atoms with van der Waals surface area (Å²) in [7, 11) is 0. The maximum Gasteiger partial charge on any atom is 0.00700 e. The molecule has 0 aliphatic heterocycles. The minimum absolute atomic E-state index is 0.642. The third-order valence-corrected chi connectivity index (χ3v) is 4.50. The first-order chi connectivity index (χ1) is 8.66. The van der Waals surface area contributed by atoms with Crippen molar-refractivity contribution in [2.24, 2.45) is 5.92 Å². The van der Waals surface area contributed by atoms with E-state index < -0.39 is 0 Å². The van der Waals surface area contributed by atoms with Crippen molar-refractivity contribution in [2.45, 2.75) is 64.5 Å². The number of hydrogen-bond acceptors (Lipinski definition) is 1. The lowest BCUT2D eigenvalue weighted by Crippen LogP contribution is -2.41. The van der Waals surface area contributed by atoms with E-state index in [1.165, 1.54) is 31.2 Å². The third kappa shape index (κ3) is 3.58. The van der Waals surface area contributed by atoms with Gasteiger partial charge in [0, 0.05) is 12.1 Å². The van der Waals surface area contributed by atoms with Crippen LogP contribution in [0.15, 0.2) is 30.3 Å². The Labute approximate surface area is 112 Å². The second kappa shape index (κ2) is 6.38. The number of hydrogen-bond donors (Lipinski definition) is 1. The molecule has 1 aromatic rings. The highest BCUT2D eigenvalue weighted by Gasteiger charge is 2.23. The zero-order valence-corrected chi connectivity index (χ0v) is 12.0. The Bertz CT molecular complexity index is 336. The van der Waals surface area contributed by atoms with Crippen LogP contribution in [0.2, 0.25) is 0 Å². The van der Waals surface area contributed by atoms with Gasteiger partial charge in [-0.3, -0.25) is 0 Å². The van der Waals surface area contributed by atoms with Crippen molar-refractivity contribution in [3.05, 3.63) is 35.9 Å². The highest BCUT2D eigenvalue weighted by Crippen LogP contribution is 2.32. The lowest BCUT2D eigenvalue weighted by Gasteiger charge is -2.32. The summed E-state index contributed by atoms with van der Waals surface area (Å²) in [4.78, 5) is 0. The normalized spacial score (nSPS) is 26.2. The molecule has 0 heterocycles.